The minimum absolute atomic E-state index is 0.233. The molecule has 0 aromatic heterocycles. The number of hydrogen-bond donors (Lipinski definition) is 2. The first kappa shape index (κ1) is 16.7. The van der Waals surface area contributed by atoms with Gasteiger partial charge >= 0.3 is 12.0 Å². The molecule has 2 amide bonds. The van der Waals surface area contributed by atoms with E-state index in [9.17, 15) is 9.59 Å². The number of nitrogens with zero attached hydrogens (tertiary/aromatic N) is 1. The van der Waals surface area contributed by atoms with E-state index in [4.69, 9.17) is 5.11 Å². The summed E-state index contributed by atoms with van der Waals surface area (Å²) >= 11 is 0. The van der Waals surface area contributed by atoms with E-state index in [1.54, 1.807) is 4.90 Å². The van der Waals surface area contributed by atoms with Crippen molar-refractivity contribution in [3.8, 4) is 0 Å². The molecule has 0 spiro atoms. The molecule has 5 nitrogen and oxygen atoms in total. The highest BCUT2D eigenvalue weighted by atomic mass is 16.4. The maximum atomic E-state index is 11.9. The van der Waals surface area contributed by atoms with Gasteiger partial charge in [-0.05, 0) is 25.7 Å². The number of amides is 2. The molecular formula is C13H26N2O3. The number of carboxylic acids is 1. The fourth-order valence-electron chi connectivity index (χ4n) is 1.69. The minimum Gasteiger partial charge on any atom is -0.480 e. The van der Waals surface area contributed by atoms with Crippen molar-refractivity contribution in [2.75, 3.05) is 13.1 Å². The van der Waals surface area contributed by atoms with Gasteiger partial charge in [0.15, 0.2) is 0 Å². The largest absolute Gasteiger partial charge is 0.480 e. The number of carbonyl (C=O) groups is 2. The SMILES string of the molecule is CCCCN(CC)C(=O)N[C@H](CC(C)C)C(=O)O. The number of hydrogen-bond acceptors (Lipinski definition) is 2. The van der Waals surface area contributed by atoms with Crippen molar-refractivity contribution in [1.29, 1.82) is 0 Å². The van der Waals surface area contributed by atoms with Crippen LogP contribution in [0.5, 0.6) is 0 Å². The number of urea groups is 1. The van der Waals surface area contributed by atoms with Crippen LogP contribution in [0.25, 0.3) is 0 Å². The van der Waals surface area contributed by atoms with Gasteiger partial charge in [0, 0.05) is 13.1 Å². The standard InChI is InChI=1S/C13H26N2O3/c1-5-7-8-15(6-2)13(18)14-11(12(16)17)9-10(3)4/h10-11H,5-9H2,1-4H3,(H,14,18)(H,16,17)/t11-/m1/s1. The molecule has 5 heteroatoms. The molecule has 0 saturated carbocycles. The van der Waals surface area contributed by atoms with Gasteiger partial charge in [0.25, 0.3) is 0 Å². The predicted octanol–water partition coefficient (Wildman–Crippen LogP) is 2.32. The van der Waals surface area contributed by atoms with Crippen LogP contribution in [0.15, 0.2) is 0 Å². The van der Waals surface area contributed by atoms with Crippen LogP contribution in [0, 0.1) is 5.92 Å². The van der Waals surface area contributed by atoms with Crippen LogP contribution >= 0.6 is 0 Å². The molecule has 0 unspecified atom stereocenters. The summed E-state index contributed by atoms with van der Waals surface area (Å²) in [6.45, 7) is 9.11. The molecule has 2 N–H and O–H groups in total. The molecule has 0 fully saturated rings. The first-order chi connectivity index (χ1) is 8.42. The Kier molecular flexibility index (Phi) is 8.16. The lowest BCUT2D eigenvalue weighted by molar-refractivity contribution is -0.139. The molecule has 0 saturated heterocycles. The Morgan fingerprint density at radius 1 is 1.28 bits per heavy atom. The summed E-state index contributed by atoms with van der Waals surface area (Å²) in [6, 6.07) is -1.08. The molecule has 18 heavy (non-hydrogen) atoms. The zero-order valence-electron chi connectivity index (χ0n) is 11.9. The molecule has 0 aromatic carbocycles. The fourth-order valence-corrected chi connectivity index (χ4v) is 1.69. The highest BCUT2D eigenvalue weighted by Crippen LogP contribution is 2.06. The average Bonchev–Trinajstić information content (AvgIpc) is 2.28. The van der Waals surface area contributed by atoms with Crippen molar-refractivity contribution in [1.82, 2.24) is 10.2 Å². The molecule has 0 aromatic rings. The third kappa shape index (κ3) is 6.47. The smallest absolute Gasteiger partial charge is 0.326 e. The second-order valence-corrected chi connectivity index (χ2v) is 4.90. The lowest BCUT2D eigenvalue weighted by atomic mass is 10.0. The monoisotopic (exact) mass is 258 g/mol. The molecule has 1 atom stereocenters. The Hall–Kier alpha value is -1.26. The van der Waals surface area contributed by atoms with E-state index >= 15 is 0 Å². The van der Waals surface area contributed by atoms with Gasteiger partial charge in [0.05, 0.1) is 0 Å². The summed E-state index contributed by atoms with van der Waals surface area (Å²) in [5.41, 5.74) is 0. The number of rotatable bonds is 8. The maximum absolute atomic E-state index is 11.9. The summed E-state index contributed by atoms with van der Waals surface area (Å²) in [4.78, 5) is 24.6. The van der Waals surface area contributed by atoms with Gasteiger partial charge in [-0.2, -0.15) is 0 Å². The third-order valence-corrected chi connectivity index (χ3v) is 2.75. The molecule has 0 bridgehead atoms. The van der Waals surface area contributed by atoms with Crippen LogP contribution in [0.2, 0.25) is 0 Å². The third-order valence-electron chi connectivity index (χ3n) is 2.75. The molecule has 0 heterocycles. The van der Waals surface area contributed by atoms with Gasteiger partial charge < -0.3 is 15.3 Å². The lowest BCUT2D eigenvalue weighted by Crippen LogP contribution is -2.48. The van der Waals surface area contributed by atoms with Crippen LogP contribution in [0.1, 0.15) is 47.0 Å². The van der Waals surface area contributed by atoms with Crippen LogP contribution in [-0.4, -0.2) is 41.1 Å². The molecule has 0 radical (unpaired) electrons. The predicted molar refractivity (Wildman–Crippen MR) is 71.6 cm³/mol. The summed E-state index contributed by atoms with van der Waals surface area (Å²) in [7, 11) is 0. The second-order valence-electron chi connectivity index (χ2n) is 4.90. The van der Waals surface area contributed by atoms with E-state index in [1.807, 2.05) is 20.8 Å². The summed E-state index contributed by atoms with van der Waals surface area (Å²) < 4.78 is 0. The lowest BCUT2D eigenvalue weighted by Gasteiger charge is -2.24. The van der Waals surface area contributed by atoms with E-state index in [1.165, 1.54) is 0 Å². The molecule has 0 rings (SSSR count). The van der Waals surface area contributed by atoms with E-state index in [0.29, 0.717) is 19.5 Å². The van der Waals surface area contributed by atoms with Crippen molar-refractivity contribution in [3.63, 3.8) is 0 Å². The Morgan fingerprint density at radius 3 is 2.28 bits per heavy atom. The van der Waals surface area contributed by atoms with Gasteiger partial charge in [-0.15, -0.1) is 0 Å². The number of nitrogens with one attached hydrogen (secondary N) is 1. The quantitative estimate of drug-likeness (QED) is 0.702. The molecular weight excluding hydrogens is 232 g/mol. The van der Waals surface area contributed by atoms with Gasteiger partial charge in [-0.3, -0.25) is 0 Å². The number of aliphatic carboxylic acids is 1. The van der Waals surface area contributed by atoms with Crippen LogP contribution in [-0.2, 0) is 4.79 Å². The van der Waals surface area contributed by atoms with Crippen molar-refractivity contribution >= 4 is 12.0 Å². The normalized spacial score (nSPS) is 12.3. The number of carbonyl (C=O) groups excluding carboxylic acids is 1. The highest BCUT2D eigenvalue weighted by Gasteiger charge is 2.23. The van der Waals surface area contributed by atoms with E-state index < -0.39 is 12.0 Å². The topological polar surface area (TPSA) is 69.6 Å². The summed E-state index contributed by atoms with van der Waals surface area (Å²) in [6.07, 6.45) is 2.40. The van der Waals surface area contributed by atoms with E-state index in [2.05, 4.69) is 12.2 Å². The van der Waals surface area contributed by atoms with E-state index in [0.717, 1.165) is 12.8 Å². The Morgan fingerprint density at radius 2 is 1.89 bits per heavy atom. The van der Waals surface area contributed by atoms with Crippen molar-refractivity contribution in [3.05, 3.63) is 0 Å². The molecule has 0 aliphatic heterocycles. The van der Waals surface area contributed by atoms with Gasteiger partial charge in [-0.25, -0.2) is 9.59 Å². The molecule has 0 aliphatic carbocycles. The zero-order chi connectivity index (χ0) is 14.1. The average molecular weight is 258 g/mol. The first-order valence-corrected chi connectivity index (χ1v) is 6.70. The van der Waals surface area contributed by atoms with Crippen LogP contribution in [0.4, 0.5) is 4.79 Å². The molecule has 0 aliphatic rings. The zero-order valence-corrected chi connectivity index (χ0v) is 11.9. The van der Waals surface area contributed by atoms with Gasteiger partial charge in [0.1, 0.15) is 6.04 Å². The Balaban J connectivity index is 4.41. The second kappa shape index (κ2) is 8.78. The van der Waals surface area contributed by atoms with Crippen molar-refractivity contribution in [2.45, 2.75) is 53.0 Å². The summed E-state index contributed by atoms with van der Waals surface area (Å²) in [5.74, 6) is -0.735. The summed E-state index contributed by atoms with van der Waals surface area (Å²) in [5, 5.41) is 11.7. The Labute approximate surface area is 110 Å². The van der Waals surface area contributed by atoms with E-state index in [-0.39, 0.29) is 11.9 Å². The first-order valence-electron chi connectivity index (χ1n) is 6.70. The van der Waals surface area contributed by atoms with Crippen molar-refractivity contribution < 1.29 is 14.7 Å². The molecule has 106 valence electrons. The van der Waals surface area contributed by atoms with Crippen LogP contribution < -0.4 is 5.32 Å². The number of unbranched alkanes of at least 4 members (excludes halogenated alkanes) is 1. The van der Waals surface area contributed by atoms with Crippen molar-refractivity contribution in [2.24, 2.45) is 5.92 Å². The van der Waals surface area contributed by atoms with Gasteiger partial charge in [-0.1, -0.05) is 27.2 Å². The van der Waals surface area contributed by atoms with Crippen LogP contribution in [0.3, 0.4) is 0 Å². The van der Waals surface area contributed by atoms with Gasteiger partial charge in [0.2, 0.25) is 0 Å². The fraction of sp³-hybridized carbons (Fsp3) is 0.846. The highest BCUT2D eigenvalue weighted by molar-refractivity contribution is 5.82. The maximum Gasteiger partial charge on any atom is 0.326 e. The number of carboxylic acid groups (broad SMARTS) is 1. The minimum atomic E-state index is -0.969. The Bertz CT molecular complexity index is 267.